The quantitative estimate of drug-likeness (QED) is 0.596. The van der Waals surface area contributed by atoms with E-state index in [2.05, 4.69) is 15.6 Å². The van der Waals surface area contributed by atoms with Gasteiger partial charge in [0.2, 0.25) is 0 Å². The van der Waals surface area contributed by atoms with Gasteiger partial charge in [0.15, 0.2) is 5.78 Å². The molecule has 0 saturated carbocycles. The van der Waals surface area contributed by atoms with E-state index in [1.807, 2.05) is 0 Å². The summed E-state index contributed by atoms with van der Waals surface area (Å²) in [4.78, 5) is 38.7. The number of benzene rings is 1. The number of aryl methyl sites for hydroxylation is 1. The van der Waals surface area contributed by atoms with Crippen molar-refractivity contribution in [1.82, 2.24) is 10.3 Å². The van der Waals surface area contributed by atoms with Crippen LogP contribution in [0.25, 0.3) is 10.9 Å². The first kappa shape index (κ1) is 16.5. The van der Waals surface area contributed by atoms with Crippen LogP contribution in [-0.2, 0) is 4.74 Å². The van der Waals surface area contributed by atoms with E-state index < -0.39 is 12.0 Å². The van der Waals surface area contributed by atoms with E-state index in [1.165, 1.54) is 20.1 Å². The van der Waals surface area contributed by atoms with Crippen molar-refractivity contribution < 1.29 is 19.1 Å². The minimum absolute atomic E-state index is 0.125. The largest absolute Gasteiger partial charge is 0.465 e. The number of hydrogen-bond acceptors (Lipinski definition) is 4. The normalized spacial score (nSPS) is 10.4. The van der Waals surface area contributed by atoms with Gasteiger partial charge in [-0.05, 0) is 32.9 Å². The van der Waals surface area contributed by atoms with Crippen molar-refractivity contribution in [3.05, 3.63) is 29.0 Å². The van der Waals surface area contributed by atoms with Gasteiger partial charge in [0.25, 0.3) is 0 Å². The van der Waals surface area contributed by atoms with E-state index in [0.717, 1.165) is 0 Å². The van der Waals surface area contributed by atoms with Crippen molar-refractivity contribution in [1.29, 1.82) is 0 Å². The molecule has 1 heterocycles. The number of rotatable bonds is 4. The molecule has 2 rings (SSSR count). The number of H-pyrrole nitrogens is 1. The molecule has 0 aliphatic carbocycles. The zero-order valence-electron chi connectivity index (χ0n) is 13.5. The lowest BCUT2D eigenvalue weighted by atomic mass is 10.0. The number of ketones is 1. The van der Waals surface area contributed by atoms with Crippen LogP contribution in [0.1, 0.15) is 40.3 Å². The Bertz CT molecular complexity index is 792. The maximum Gasteiger partial charge on any atom is 0.337 e. The molecule has 0 unspecified atom stereocenters. The van der Waals surface area contributed by atoms with Crippen molar-refractivity contribution in [2.24, 2.45) is 0 Å². The highest BCUT2D eigenvalue weighted by atomic mass is 16.5. The van der Waals surface area contributed by atoms with Gasteiger partial charge < -0.3 is 20.4 Å². The van der Waals surface area contributed by atoms with Gasteiger partial charge in [-0.15, -0.1) is 0 Å². The number of amides is 2. The molecule has 2 aromatic rings. The standard InChI is InChI=1S/C16H19N3O4/c1-5-17-16(22)19-12-7-10(15(21)23-4)6-11-13(9(3)20)8(2)18-14(11)12/h6-7,18H,5H2,1-4H3,(H2,17,19,22). The molecule has 2 amide bonds. The van der Waals surface area contributed by atoms with Crippen molar-refractivity contribution in [2.45, 2.75) is 20.8 Å². The van der Waals surface area contributed by atoms with Crippen LogP contribution in [-0.4, -0.2) is 36.4 Å². The van der Waals surface area contributed by atoms with Crippen LogP contribution in [0.3, 0.4) is 0 Å². The summed E-state index contributed by atoms with van der Waals surface area (Å²) in [6.45, 7) is 5.49. The van der Waals surface area contributed by atoms with Crippen molar-refractivity contribution in [2.75, 3.05) is 19.0 Å². The molecule has 122 valence electrons. The maximum absolute atomic E-state index is 11.9. The highest BCUT2D eigenvalue weighted by Gasteiger charge is 2.19. The number of nitrogens with one attached hydrogen (secondary N) is 3. The molecule has 7 heteroatoms. The number of anilines is 1. The Morgan fingerprint density at radius 2 is 1.96 bits per heavy atom. The fraction of sp³-hybridized carbons (Fsp3) is 0.312. The second-order valence-corrected chi connectivity index (χ2v) is 5.10. The summed E-state index contributed by atoms with van der Waals surface area (Å²) in [5.41, 5.74) is 2.42. The van der Waals surface area contributed by atoms with Gasteiger partial charge in [-0.2, -0.15) is 0 Å². The topological polar surface area (TPSA) is 100 Å². The lowest BCUT2D eigenvalue weighted by Gasteiger charge is -2.09. The maximum atomic E-state index is 11.9. The Morgan fingerprint density at radius 3 is 2.52 bits per heavy atom. The molecule has 0 bridgehead atoms. The Hall–Kier alpha value is -2.83. The molecule has 0 aliphatic rings. The summed E-state index contributed by atoms with van der Waals surface area (Å²) in [7, 11) is 1.28. The summed E-state index contributed by atoms with van der Waals surface area (Å²) in [6, 6.07) is 2.71. The molecule has 0 radical (unpaired) electrons. The third-order valence-electron chi connectivity index (χ3n) is 3.45. The fourth-order valence-corrected chi connectivity index (χ4v) is 2.54. The van der Waals surface area contributed by atoms with Crippen molar-refractivity contribution in [3.8, 4) is 0 Å². The molecule has 0 atom stereocenters. The number of aromatic nitrogens is 1. The number of Topliss-reactive ketones (excluding diaryl/α,β-unsaturated/α-hetero) is 1. The van der Waals surface area contributed by atoms with Gasteiger partial charge in [-0.1, -0.05) is 0 Å². The van der Waals surface area contributed by atoms with Crippen LogP contribution in [0.15, 0.2) is 12.1 Å². The second kappa shape index (κ2) is 6.51. The average Bonchev–Trinajstić information content (AvgIpc) is 2.82. The van der Waals surface area contributed by atoms with Gasteiger partial charge in [0, 0.05) is 23.2 Å². The minimum atomic E-state index is -0.542. The van der Waals surface area contributed by atoms with Crippen LogP contribution >= 0.6 is 0 Å². The van der Waals surface area contributed by atoms with Crippen LogP contribution < -0.4 is 10.6 Å². The number of aromatic amines is 1. The third kappa shape index (κ3) is 3.18. The van der Waals surface area contributed by atoms with Gasteiger partial charge >= 0.3 is 12.0 Å². The van der Waals surface area contributed by atoms with Crippen molar-refractivity contribution in [3.63, 3.8) is 0 Å². The summed E-state index contributed by atoms with van der Waals surface area (Å²) in [5.74, 6) is -0.668. The second-order valence-electron chi connectivity index (χ2n) is 5.10. The third-order valence-corrected chi connectivity index (χ3v) is 3.45. The van der Waals surface area contributed by atoms with E-state index in [9.17, 15) is 14.4 Å². The van der Waals surface area contributed by atoms with E-state index in [-0.39, 0.29) is 11.3 Å². The van der Waals surface area contributed by atoms with E-state index in [4.69, 9.17) is 4.74 Å². The summed E-state index contributed by atoms with van der Waals surface area (Å²) < 4.78 is 4.74. The molecule has 23 heavy (non-hydrogen) atoms. The smallest absolute Gasteiger partial charge is 0.337 e. The summed E-state index contributed by atoms with van der Waals surface area (Å²) >= 11 is 0. The van der Waals surface area contributed by atoms with Crippen LogP contribution in [0.5, 0.6) is 0 Å². The Kier molecular flexibility index (Phi) is 4.68. The number of urea groups is 1. The zero-order chi connectivity index (χ0) is 17.1. The molecule has 0 saturated heterocycles. The number of carbonyl (C=O) groups is 3. The predicted octanol–water partition coefficient (Wildman–Crippen LogP) is 2.61. The number of methoxy groups -OCH3 is 1. The Balaban J connectivity index is 2.68. The number of ether oxygens (including phenoxy) is 1. The number of fused-ring (bicyclic) bond motifs is 1. The SMILES string of the molecule is CCNC(=O)Nc1cc(C(=O)OC)cc2c(C(C)=O)c(C)[nH]c12. The van der Waals surface area contributed by atoms with Gasteiger partial charge in [0.05, 0.1) is 23.9 Å². The van der Waals surface area contributed by atoms with Crippen LogP contribution in [0.2, 0.25) is 0 Å². The van der Waals surface area contributed by atoms with Gasteiger partial charge in [0.1, 0.15) is 0 Å². The number of carbonyl (C=O) groups excluding carboxylic acids is 3. The van der Waals surface area contributed by atoms with Crippen LogP contribution in [0, 0.1) is 6.92 Å². The molecule has 0 fully saturated rings. The van der Waals surface area contributed by atoms with E-state index in [0.29, 0.717) is 34.4 Å². The lowest BCUT2D eigenvalue weighted by Crippen LogP contribution is -2.28. The summed E-state index contributed by atoms with van der Waals surface area (Å²) in [5, 5.41) is 5.88. The van der Waals surface area contributed by atoms with Gasteiger partial charge in [-0.3, -0.25) is 4.79 Å². The number of esters is 1. The molecule has 0 aliphatic heterocycles. The first-order valence-electron chi connectivity index (χ1n) is 7.19. The number of hydrogen-bond donors (Lipinski definition) is 3. The molecule has 1 aromatic heterocycles. The molecule has 1 aromatic carbocycles. The minimum Gasteiger partial charge on any atom is -0.465 e. The Labute approximate surface area is 133 Å². The average molecular weight is 317 g/mol. The van der Waals surface area contributed by atoms with Crippen molar-refractivity contribution >= 4 is 34.4 Å². The summed E-state index contributed by atoms with van der Waals surface area (Å²) in [6.07, 6.45) is 0. The fourth-order valence-electron chi connectivity index (χ4n) is 2.54. The molecule has 7 nitrogen and oxygen atoms in total. The van der Waals surface area contributed by atoms with Crippen LogP contribution in [0.4, 0.5) is 10.5 Å². The highest BCUT2D eigenvalue weighted by Crippen LogP contribution is 2.30. The molecule has 3 N–H and O–H groups in total. The Morgan fingerprint density at radius 1 is 1.26 bits per heavy atom. The first-order valence-corrected chi connectivity index (χ1v) is 7.19. The molecular formula is C16H19N3O4. The highest BCUT2D eigenvalue weighted by molar-refractivity contribution is 6.14. The predicted molar refractivity (Wildman–Crippen MR) is 87.1 cm³/mol. The van der Waals surface area contributed by atoms with E-state index in [1.54, 1.807) is 19.9 Å². The van der Waals surface area contributed by atoms with Gasteiger partial charge in [-0.25, -0.2) is 9.59 Å². The molecular weight excluding hydrogens is 298 g/mol. The lowest BCUT2D eigenvalue weighted by molar-refractivity contribution is 0.0600. The zero-order valence-corrected chi connectivity index (χ0v) is 13.5. The molecule has 0 spiro atoms. The monoisotopic (exact) mass is 317 g/mol. The first-order chi connectivity index (χ1) is 10.9. The van der Waals surface area contributed by atoms with E-state index >= 15 is 0 Å².